The van der Waals surface area contributed by atoms with Gasteiger partial charge in [-0.25, -0.2) is 4.99 Å². The number of hydroxylamine groups is 1. The molecule has 0 spiro atoms. The molecule has 1 aromatic heterocycles. The standard InChI is InChI=1S/C9H8ClN5OS.ClH/c10-5-1-2-6-7(14-17-13-6)8(5)15(16)9-11-3-4-12-9;/h1-2,16H,3-4H2,(H,11,12);1H. The van der Waals surface area contributed by atoms with Crippen molar-refractivity contribution in [3.8, 4) is 0 Å². The molecule has 0 radical (unpaired) electrons. The summed E-state index contributed by atoms with van der Waals surface area (Å²) in [6.45, 7) is 1.34. The summed E-state index contributed by atoms with van der Waals surface area (Å²) in [5.41, 5.74) is 1.68. The predicted octanol–water partition coefficient (Wildman–Crippen LogP) is 1.92. The van der Waals surface area contributed by atoms with Gasteiger partial charge in [-0.2, -0.15) is 13.8 Å². The number of nitrogens with zero attached hydrogens (tertiary/aromatic N) is 4. The normalized spacial score (nSPS) is 14.0. The predicted molar refractivity (Wildman–Crippen MR) is 74.2 cm³/mol. The molecule has 1 aromatic carbocycles. The Morgan fingerprint density at radius 1 is 1.39 bits per heavy atom. The van der Waals surface area contributed by atoms with Gasteiger partial charge < -0.3 is 5.32 Å². The highest BCUT2D eigenvalue weighted by Gasteiger charge is 2.21. The van der Waals surface area contributed by atoms with Crippen molar-refractivity contribution in [2.75, 3.05) is 18.2 Å². The third-order valence-corrected chi connectivity index (χ3v) is 3.27. The maximum absolute atomic E-state index is 10.1. The number of hydrogen-bond donors (Lipinski definition) is 2. The lowest BCUT2D eigenvalue weighted by Gasteiger charge is -2.17. The van der Waals surface area contributed by atoms with E-state index in [2.05, 4.69) is 19.1 Å². The van der Waals surface area contributed by atoms with Crippen LogP contribution in [0.25, 0.3) is 11.0 Å². The van der Waals surface area contributed by atoms with Crippen LogP contribution in [0.2, 0.25) is 5.02 Å². The van der Waals surface area contributed by atoms with E-state index in [1.54, 1.807) is 12.1 Å². The smallest absolute Gasteiger partial charge is 0.223 e. The van der Waals surface area contributed by atoms with Gasteiger partial charge >= 0.3 is 0 Å². The minimum Gasteiger partial charge on any atom is -0.352 e. The Morgan fingerprint density at radius 2 is 2.22 bits per heavy atom. The Labute approximate surface area is 118 Å². The highest BCUT2D eigenvalue weighted by molar-refractivity contribution is 7.00. The van der Waals surface area contributed by atoms with Gasteiger partial charge in [-0.15, -0.1) is 12.4 Å². The van der Waals surface area contributed by atoms with Crippen LogP contribution in [0.3, 0.4) is 0 Å². The van der Waals surface area contributed by atoms with E-state index in [0.717, 1.165) is 16.8 Å². The molecule has 0 aliphatic carbocycles. The number of fused-ring (bicyclic) bond motifs is 1. The van der Waals surface area contributed by atoms with Gasteiger partial charge in [0.15, 0.2) is 0 Å². The first-order valence-corrected chi connectivity index (χ1v) is 6.06. The largest absolute Gasteiger partial charge is 0.352 e. The third kappa shape index (κ3) is 2.10. The van der Waals surface area contributed by atoms with Gasteiger partial charge in [-0.1, -0.05) is 11.6 Å². The monoisotopic (exact) mass is 305 g/mol. The molecule has 18 heavy (non-hydrogen) atoms. The first-order valence-electron chi connectivity index (χ1n) is 4.95. The van der Waals surface area contributed by atoms with Crippen LogP contribution in [0.1, 0.15) is 0 Å². The minimum absolute atomic E-state index is 0. The zero-order valence-corrected chi connectivity index (χ0v) is 11.4. The van der Waals surface area contributed by atoms with Crippen LogP contribution >= 0.6 is 35.7 Å². The molecule has 0 fully saturated rings. The van der Waals surface area contributed by atoms with E-state index in [1.807, 2.05) is 0 Å². The van der Waals surface area contributed by atoms with Crippen LogP contribution < -0.4 is 10.4 Å². The molecule has 1 aliphatic rings. The summed E-state index contributed by atoms with van der Waals surface area (Å²) in [4.78, 5) is 4.12. The number of aliphatic imine (C=N–C) groups is 1. The minimum atomic E-state index is 0. The summed E-state index contributed by atoms with van der Waals surface area (Å²) < 4.78 is 8.24. The average molecular weight is 306 g/mol. The molecule has 2 heterocycles. The van der Waals surface area contributed by atoms with Crippen molar-refractivity contribution in [2.45, 2.75) is 0 Å². The van der Waals surface area contributed by atoms with E-state index >= 15 is 0 Å². The molecule has 0 saturated heterocycles. The first kappa shape index (κ1) is 13.3. The molecule has 0 amide bonds. The van der Waals surface area contributed by atoms with Crippen LogP contribution in [0.15, 0.2) is 17.1 Å². The molecule has 0 unspecified atom stereocenters. The van der Waals surface area contributed by atoms with Crippen molar-refractivity contribution in [2.24, 2.45) is 4.99 Å². The molecule has 0 bridgehead atoms. The fourth-order valence-electron chi connectivity index (χ4n) is 1.65. The van der Waals surface area contributed by atoms with Gasteiger partial charge in [-0.05, 0) is 12.1 Å². The Kier molecular flexibility index (Phi) is 3.86. The second-order valence-electron chi connectivity index (χ2n) is 3.47. The lowest BCUT2D eigenvalue weighted by atomic mass is 10.2. The van der Waals surface area contributed by atoms with Gasteiger partial charge in [0.2, 0.25) is 5.96 Å². The van der Waals surface area contributed by atoms with Crippen LogP contribution in [-0.4, -0.2) is 33.0 Å². The zero-order valence-electron chi connectivity index (χ0n) is 9.00. The summed E-state index contributed by atoms with van der Waals surface area (Å²) in [6.07, 6.45) is 0. The summed E-state index contributed by atoms with van der Waals surface area (Å²) in [5.74, 6) is 0.382. The van der Waals surface area contributed by atoms with Gasteiger partial charge in [0.1, 0.15) is 16.7 Å². The average Bonchev–Trinajstić information content (AvgIpc) is 2.98. The number of guanidine groups is 1. The van der Waals surface area contributed by atoms with E-state index in [1.165, 1.54) is 0 Å². The highest BCUT2D eigenvalue weighted by atomic mass is 35.5. The maximum Gasteiger partial charge on any atom is 0.223 e. The number of rotatable bonds is 1. The van der Waals surface area contributed by atoms with Crippen LogP contribution in [0.5, 0.6) is 0 Å². The summed E-state index contributed by atoms with van der Waals surface area (Å²) in [6, 6.07) is 3.45. The van der Waals surface area contributed by atoms with Crippen molar-refractivity contribution in [1.29, 1.82) is 0 Å². The molecule has 96 valence electrons. The zero-order chi connectivity index (χ0) is 11.8. The Bertz CT molecular complexity index is 602. The van der Waals surface area contributed by atoms with E-state index in [-0.39, 0.29) is 12.4 Å². The number of halogens is 2. The molecule has 2 aromatic rings. The highest BCUT2D eigenvalue weighted by Crippen LogP contribution is 2.32. The number of nitrogens with one attached hydrogen (secondary N) is 1. The fraction of sp³-hybridized carbons (Fsp3) is 0.222. The Balaban J connectivity index is 0.00000120. The van der Waals surface area contributed by atoms with Crippen LogP contribution in [0.4, 0.5) is 5.69 Å². The molecule has 6 nitrogen and oxygen atoms in total. The summed E-state index contributed by atoms with van der Waals surface area (Å²) in [7, 11) is 0. The van der Waals surface area contributed by atoms with Crippen molar-refractivity contribution >= 4 is 58.4 Å². The van der Waals surface area contributed by atoms with E-state index < -0.39 is 0 Å². The number of hydrogen-bond acceptors (Lipinski definition) is 7. The molecule has 0 saturated carbocycles. The van der Waals surface area contributed by atoms with Gasteiger partial charge in [0.05, 0.1) is 23.3 Å². The van der Waals surface area contributed by atoms with Crippen LogP contribution in [0, 0.1) is 0 Å². The molecule has 9 heteroatoms. The van der Waals surface area contributed by atoms with Crippen molar-refractivity contribution < 1.29 is 5.21 Å². The summed E-state index contributed by atoms with van der Waals surface area (Å²) >= 11 is 7.16. The fourth-order valence-corrected chi connectivity index (χ4v) is 2.42. The molecule has 1 aliphatic heterocycles. The molecule has 0 atom stereocenters. The van der Waals surface area contributed by atoms with E-state index in [0.29, 0.717) is 40.8 Å². The number of benzene rings is 1. The molecular formula is C9H9Cl2N5OS. The van der Waals surface area contributed by atoms with Crippen molar-refractivity contribution in [3.05, 3.63) is 17.2 Å². The summed E-state index contributed by atoms with van der Waals surface area (Å²) in [5, 5.41) is 14.4. The lowest BCUT2D eigenvalue weighted by Crippen LogP contribution is -2.36. The number of aromatic nitrogens is 2. The second kappa shape index (κ2) is 5.23. The van der Waals surface area contributed by atoms with Gasteiger partial charge in [-0.3, -0.25) is 5.21 Å². The van der Waals surface area contributed by atoms with Crippen LogP contribution in [-0.2, 0) is 0 Å². The third-order valence-electron chi connectivity index (χ3n) is 2.42. The topological polar surface area (TPSA) is 73.6 Å². The maximum atomic E-state index is 10.1. The van der Waals surface area contributed by atoms with Gasteiger partial charge in [0.25, 0.3) is 0 Å². The lowest BCUT2D eigenvalue weighted by molar-refractivity contribution is 0.310. The van der Waals surface area contributed by atoms with E-state index in [9.17, 15) is 5.21 Å². The Hall–Kier alpha value is -1.15. The quantitative estimate of drug-likeness (QED) is 0.788. The Morgan fingerprint density at radius 3 is 2.94 bits per heavy atom. The van der Waals surface area contributed by atoms with E-state index in [4.69, 9.17) is 11.6 Å². The van der Waals surface area contributed by atoms with Crippen molar-refractivity contribution in [1.82, 2.24) is 14.1 Å². The molecule has 2 N–H and O–H groups in total. The molecular weight excluding hydrogens is 297 g/mol. The van der Waals surface area contributed by atoms with Crippen molar-refractivity contribution in [3.63, 3.8) is 0 Å². The first-order chi connectivity index (χ1) is 8.27. The van der Waals surface area contributed by atoms with Gasteiger partial charge in [0, 0.05) is 6.54 Å². The number of anilines is 1. The second-order valence-corrected chi connectivity index (χ2v) is 4.41. The molecule has 3 rings (SSSR count). The SMILES string of the molecule is Cl.ON(C1=NCCN1)c1c(Cl)ccc2nsnc12.